The minimum Gasteiger partial charge on any atom is -0.366 e. The van der Waals surface area contributed by atoms with Crippen LogP contribution in [0.25, 0.3) is 0 Å². The Morgan fingerprint density at radius 1 is 1.43 bits per heavy atom. The van der Waals surface area contributed by atoms with E-state index in [4.69, 9.17) is 5.73 Å². The molecule has 1 aliphatic rings. The maximum Gasteiger partial charge on any atom is 0.140 e. The van der Waals surface area contributed by atoms with Gasteiger partial charge in [-0.05, 0) is 50.8 Å². The van der Waals surface area contributed by atoms with Crippen LogP contribution in [0.3, 0.4) is 0 Å². The Morgan fingerprint density at radius 2 is 2.14 bits per heavy atom. The maximum absolute atomic E-state index is 5.71. The zero-order valence-corrected chi connectivity index (χ0v) is 10.7. The molecule has 1 saturated carbocycles. The van der Waals surface area contributed by atoms with Crippen molar-refractivity contribution in [1.82, 2.24) is 4.98 Å². The number of halogens is 2. The summed E-state index contributed by atoms with van der Waals surface area (Å²) in [5, 5.41) is 3.35. The van der Waals surface area contributed by atoms with Crippen LogP contribution in [-0.2, 0) is 0 Å². The highest BCUT2D eigenvalue weighted by molar-refractivity contribution is 9.11. The van der Waals surface area contributed by atoms with Gasteiger partial charge in [-0.2, -0.15) is 0 Å². The van der Waals surface area contributed by atoms with E-state index >= 15 is 0 Å². The number of nitrogens with two attached hydrogens (primary N) is 1. The van der Waals surface area contributed by atoms with Crippen LogP contribution in [0.4, 0.5) is 5.82 Å². The summed E-state index contributed by atoms with van der Waals surface area (Å²) in [5.41, 5.74) is 5.71. The van der Waals surface area contributed by atoms with E-state index in [0.29, 0.717) is 12.1 Å². The van der Waals surface area contributed by atoms with Crippen molar-refractivity contribution < 1.29 is 0 Å². The van der Waals surface area contributed by atoms with Gasteiger partial charge in [0.15, 0.2) is 0 Å². The molecule has 1 aliphatic carbocycles. The molecule has 0 aliphatic heterocycles. The predicted molar refractivity (Wildman–Crippen MR) is 64.3 cm³/mol. The highest BCUT2D eigenvalue weighted by atomic mass is 79.9. The molecule has 1 fully saturated rings. The second kappa shape index (κ2) is 4.16. The van der Waals surface area contributed by atoms with Gasteiger partial charge in [0.05, 0.1) is 4.47 Å². The molecule has 0 bridgehead atoms. The largest absolute Gasteiger partial charge is 0.366 e. The Labute approximate surface area is 99.7 Å². The number of aromatic nitrogens is 1. The van der Waals surface area contributed by atoms with Crippen molar-refractivity contribution >= 4 is 37.7 Å². The van der Waals surface area contributed by atoms with Gasteiger partial charge in [0.2, 0.25) is 0 Å². The maximum atomic E-state index is 5.71. The van der Waals surface area contributed by atoms with Crippen LogP contribution >= 0.6 is 31.9 Å². The first kappa shape index (κ1) is 10.4. The van der Waals surface area contributed by atoms with Crippen molar-refractivity contribution in [2.45, 2.75) is 24.9 Å². The predicted octanol–water partition coefficient (Wildman–Crippen LogP) is 2.51. The Kier molecular flexibility index (Phi) is 3.09. The van der Waals surface area contributed by atoms with Gasteiger partial charge in [-0.1, -0.05) is 0 Å². The lowest BCUT2D eigenvalue weighted by Crippen LogP contribution is -2.44. The lowest BCUT2D eigenvalue weighted by Gasteiger charge is -2.33. The van der Waals surface area contributed by atoms with E-state index < -0.39 is 0 Å². The fourth-order valence-corrected chi connectivity index (χ4v) is 2.60. The first-order valence-corrected chi connectivity index (χ1v) is 6.07. The van der Waals surface area contributed by atoms with Crippen molar-refractivity contribution in [2.24, 2.45) is 5.73 Å². The SMILES string of the molecule is NC1CC(Nc2ncc(Br)cc2Br)C1. The van der Waals surface area contributed by atoms with E-state index in [-0.39, 0.29) is 0 Å². The summed E-state index contributed by atoms with van der Waals surface area (Å²) in [4.78, 5) is 4.28. The molecular formula is C9H11Br2N3. The van der Waals surface area contributed by atoms with Crippen LogP contribution in [0.1, 0.15) is 12.8 Å². The van der Waals surface area contributed by atoms with E-state index in [1.54, 1.807) is 6.20 Å². The van der Waals surface area contributed by atoms with Gasteiger partial charge in [-0.3, -0.25) is 0 Å². The normalized spacial score (nSPS) is 25.6. The van der Waals surface area contributed by atoms with E-state index in [0.717, 1.165) is 27.6 Å². The zero-order valence-electron chi connectivity index (χ0n) is 7.50. The summed E-state index contributed by atoms with van der Waals surface area (Å²) in [7, 11) is 0. The van der Waals surface area contributed by atoms with E-state index in [1.165, 1.54) is 0 Å². The molecule has 0 amide bonds. The average Bonchev–Trinajstić information content (AvgIpc) is 2.06. The molecule has 0 saturated heterocycles. The number of anilines is 1. The summed E-state index contributed by atoms with van der Waals surface area (Å²) in [6.45, 7) is 0. The Bertz CT molecular complexity index is 337. The molecule has 14 heavy (non-hydrogen) atoms. The molecule has 1 aromatic rings. The van der Waals surface area contributed by atoms with Crippen molar-refractivity contribution in [3.63, 3.8) is 0 Å². The minimum atomic E-state index is 0.363. The smallest absolute Gasteiger partial charge is 0.140 e. The Morgan fingerprint density at radius 3 is 2.71 bits per heavy atom. The number of nitrogens with zero attached hydrogens (tertiary/aromatic N) is 1. The molecule has 2 rings (SSSR count). The number of nitrogens with one attached hydrogen (secondary N) is 1. The molecular weight excluding hydrogens is 310 g/mol. The molecule has 0 radical (unpaired) electrons. The van der Waals surface area contributed by atoms with Gasteiger partial charge in [0.25, 0.3) is 0 Å². The second-order valence-electron chi connectivity index (χ2n) is 3.56. The van der Waals surface area contributed by atoms with Crippen molar-refractivity contribution in [1.29, 1.82) is 0 Å². The van der Waals surface area contributed by atoms with Crippen LogP contribution in [0.5, 0.6) is 0 Å². The molecule has 1 heterocycles. The quantitative estimate of drug-likeness (QED) is 0.880. The fourth-order valence-electron chi connectivity index (χ4n) is 1.49. The molecule has 1 aromatic heterocycles. The van der Waals surface area contributed by atoms with Gasteiger partial charge < -0.3 is 11.1 Å². The fraction of sp³-hybridized carbons (Fsp3) is 0.444. The summed E-state index contributed by atoms with van der Waals surface area (Å²) in [6.07, 6.45) is 3.85. The van der Waals surface area contributed by atoms with Gasteiger partial charge >= 0.3 is 0 Å². The average molecular weight is 321 g/mol. The molecule has 0 spiro atoms. The first-order valence-electron chi connectivity index (χ1n) is 4.48. The Hall–Kier alpha value is -0.130. The van der Waals surface area contributed by atoms with Gasteiger partial charge in [0.1, 0.15) is 5.82 Å². The lowest BCUT2D eigenvalue weighted by atomic mass is 9.88. The number of hydrogen-bond acceptors (Lipinski definition) is 3. The highest BCUT2D eigenvalue weighted by Gasteiger charge is 2.26. The second-order valence-corrected chi connectivity index (χ2v) is 5.33. The van der Waals surface area contributed by atoms with Crippen LogP contribution < -0.4 is 11.1 Å². The molecule has 3 nitrogen and oxygen atoms in total. The van der Waals surface area contributed by atoms with E-state index in [9.17, 15) is 0 Å². The molecule has 0 aromatic carbocycles. The van der Waals surface area contributed by atoms with Crippen molar-refractivity contribution in [3.05, 3.63) is 21.2 Å². The Balaban J connectivity index is 2.02. The van der Waals surface area contributed by atoms with Crippen LogP contribution in [0, 0.1) is 0 Å². The number of rotatable bonds is 2. The third-order valence-corrected chi connectivity index (χ3v) is 3.36. The van der Waals surface area contributed by atoms with Crippen LogP contribution in [0.2, 0.25) is 0 Å². The summed E-state index contributed by atoms with van der Waals surface area (Å²) in [6, 6.07) is 2.82. The van der Waals surface area contributed by atoms with Crippen molar-refractivity contribution in [2.75, 3.05) is 5.32 Å². The molecule has 0 atom stereocenters. The molecule has 76 valence electrons. The molecule has 0 unspecified atom stereocenters. The molecule has 5 heteroatoms. The van der Waals surface area contributed by atoms with E-state index in [2.05, 4.69) is 42.2 Å². The third-order valence-electron chi connectivity index (χ3n) is 2.32. The van der Waals surface area contributed by atoms with Crippen LogP contribution in [-0.4, -0.2) is 17.1 Å². The minimum absolute atomic E-state index is 0.363. The van der Waals surface area contributed by atoms with Crippen LogP contribution in [0.15, 0.2) is 21.2 Å². The number of hydrogen-bond donors (Lipinski definition) is 2. The zero-order chi connectivity index (χ0) is 10.1. The topological polar surface area (TPSA) is 50.9 Å². The van der Waals surface area contributed by atoms with Crippen molar-refractivity contribution in [3.8, 4) is 0 Å². The lowest BCUT2D eigenvalue weighted by molar-refractivity contribution is 0.373. The summed E-state index contributed by atoms with van der Waals surface area (Å²) >= 11 is 6.82. The van der Waals surface area contributed by atoms with Gasteiger partial charge in [0, 0.05) is 22.8 Å². The first-order chi connectivity index (χ1) is 6.65. The van der Waals surface area contributed by atoms with Gasteiger partial charge in [-0.25, -0.2) is 4.98 Å². The summed E-state index contributed by atoms with van der Waals surface area (Å²) < 4.78 is 1.95. The summed E-state index contributed by atoms with van der Waals surface area (Å²) in [5.74, 6) is 0.894. The standard InChI is InChI=1S/C9H11Br2N3/c10-5-1-8(11)9(13-4-5)14-7-2-6(12)3-7/h1,4,6-7H,2-3,12H2,(H,13,14). The van der Waals surface area contributed by atoms with E-state index in [1.807, 2.05) is 6.07 Å². The highest BCUT2D eigenvalue weighted by Crippen LogP contribution is 2.27. The number of pyridine rings is 1. The van der Waals surface area contributed by atoms with Gasteiger partial charge in [-0.15, -0.1) is 0 Å². The molecule has 3 N–H and O–H groups in total. The third kappa shape index (κ3) is 2.27. The monoisotopic (exact) mass is 319 g/mol.